The number of ether oxygens (including phenoxy) is 2. The summed E-state index contributed by atoms with van der Waals surface area (Å²) >= 11 is 0. The molecule has 0 amide bonds. The van der Waals surface area contributed by atoms with Crippen molar-refractivity contribution in [2.45, 2.75) is 25.4 Å². The van der Waals surface area contributed by atoms with Crippen molar-refractivity contribution in [1.29, 1.82) is 0 Å². The number of likely N-dealkylation sites (tertiary alicyclic amines) is 1. The molecule has 0 aromatic heterocycles. The van der Waals surface area contributed by atoms with Gasteiger partial charge in [0.25, 0.3) is 0 Å². The van der Waals surface area contributed by atoms with E-state index in [-0.39, 0.29) is 0 Å². The van der Waals surface area contributed by atoms with Gasteiger partial charge < -0.3 is 19.5 Å². The van der Waals surface area contributed by atoms with E-state index in [1.54, 1.807) is 0 Å². The van der Waals surface area contributed by atoms with Crippen LogP contribution in [0.1, 0.15) is 19.3 Å². The lowest BCUT2D eigenvalue weighted by molar-refractivity contribution is -0.146. The van der Waals surface area contributed by atoms with Gasteiger partial charge in [-0.05, 0) is 31.7 Å². The lowest BCUT2D eigenvalue weighted by Gasteiger charge is -2.35. The number of aliphatic hydroxyl groups excluding tert-OH is 1. The second-order valence-corrected chi connectivity index (χ2v) is 4.55. The predicted molar refractivity (Wildman–Crippen MR) is 56.6 cm³/mol. The van der Waals surface area contributed by atoms with Gasteiger partial charge in [-0.2, -0.15) is 0 Å². The molecule has 0 spiro atoms. The summed E-state index contributed by atoms with van der Waals surface area (Å²) in [5, 5.41) is 9.14. The van der Waals surface area contributed by atoms with Crippen molar-refractivity contribution >= 4 is 0 Å². The van der Waals surface area contributed by atoms with Crippen molar-refractivity contribution < 1.29 is 14.6 Å². The van der Waals surface area contributed by atoms with E-state index in [0.29, 0.717) is 25.4 Å². The van der Waals surface area contributed by atoms with Crippen molar-refractivity contribution in [3.8, 4) is 0 Å². The monoisotopic (exact) mass is 215 g/mol. The lowest BCUT2D eigenvalue weighted by atomic mass is 9.98. The van der Waals surface area contributed by atoms with Crippen LogP contribution in [-0.2, 0) is 9.47 Å². The van der Waals surface area contributed by atoms with Gasteiger partial charge in [0.05, 0.1) is 12.7 Å². The topological polar surface area (TPSA) is 41.9 Å². The molecular formula is C11H21NO3. The first-order chi connectivity index (χ1) is 7.38. The molecule has 2 heterocycles. The van der Waals surface area contributed by atoms with Crippen LogP contribution in [0, 0.1) is 5.92 Å². The number of hydrogen-bond acceptors (Lipinski definition) is 4. The number of rotatable bonds is 3. The Labute approximate surface area is 91.2 Å². The zero-order chi connectivity index (χ0) is 10.5. The van der Waals surface area contributed by atoms with Crippen LogP contribution in [0.2, 0.25) is 0 Å². The Morgan fingerprint density at radius 3 is 3.00 bits per heavy atom. The molecule has 2 unspecified atom stereocenters. The molecule has 4 nitrogen and oxygen atoms in total. The van der Waals surface area contributed by atoms with Crippen molar-refractivity contribution in [3.63, 3.8) is 0 Å². The van der Waals surface area contributed by atoms with Gasteiger partial charge in [0.2, 0.25) is 0 Å². The fraction of sp³-hybridized carbons (Fsp3) is 1.00. The van der Waals surface area contributed by atoms with Crippen LogP contribution in [0.5, 0.6) is 0 Å². The van der Waals surface area contributed by atoms with E-state index in [0.717, 1.165) is 32.7 Å². The van der Waals surface area contributed by atoms with Gasteiger partial charge in [-0.3, -0.25) is 0 Å². The highest BCUT2D eigenvalue weighted by Gasteiger charge is 2.23. The number of nitrogens with zero attached hydrogens (tertiary/aromatic N) is 1. The van der Waals surface area contributed by atoms with E-state index >= 15 is 0 Å². The Bertz CT molecular complexity index is 183. The maximum absolute atomic E-state index is 9.14. The Morgan fingerprint density at radius 2 is 2.27 bits per heavy atom. The lowest BCUT2D eigenvalue weighted by Crippen LogP contribution is -2.43. The van der Waals surface area contributed by atoms with Crippen LogP contribution in [-0.4, -0.2) is 55.8 Å². The maximum Gasteiger partial charge on any atom is 0.147 e. The molecule has 2 saturated heterocycles. The van der Waals surface area contributed by atoms with E-state index in [1.165, 1.54) is 12.8 Å². The van der Waals surface area contributed by atoms with Crippen LogP contribution in [0.25, 0.3) is 0 Å². The van der Waals surface area contributed by atoms with Gasteiger partial charge in [0.1, 0.15) is 6.79 Å². The van der Waals surface area contributed by atoms with Gasteiger partial charge in [0.15, 0.2) is 0 Å². The average molecular weight is 215 g/mol. The van der Waals surface area contributed by atoms with Crippen molar-refractivity contribution in [2.75, 3.05) is 39.6 Å². The van der Waals surface area contributed by atoms with E-state index in [9.17, 15) is 0 Å². The minimum atomic E-state index is 0.325. The Hall–Kier alpha value is -0.160. The molecule has 88 valence electrons. The fourth-order valence-electron chi connectivity index (χ4n) is 2.40. The van der Waals surface area contributed by atoms with Crippen LogP contribution < -0.4 is 0 Å². The summed E-state index contributed by atoms with van der Waals surface area (Å²) in [5.74, 6) is 0.471. The number of hydrogen-bond donors (Lipinski definition) is 1. The fourth-order valence-corrected chi connectivity index (χ4v) is 2.40. The maximum atomic E-state index is 9.14. The highest BCUT2D eigenvalue weighted by Crippen LogP contribution is 2.17. The van der Waals surface area contributed by atoms with Crippen molar-refractivity contribution in [2.24, 2.45) is 5.92 Å². The zero-order valence-corrected chi connectivity index (χ0v) is 9.23. The molecule has 0 saturated carbocycles. The summed E-state index contributed by atoms with van der Waals surface area (Å²) in [4.78, 5) is 2.42. The summed E-state index contributed by atoms with van der Waals surface area (Å²) in [6.07, 6.45) is 3.70. The molecule has 2 atom stereocenters. The summed E-state index contributed by atoms with van der Waals surface area (Å²) in [6.45, 7) is 4.77. The van der Waals surface area contributed by atoms with Gasteiger partial charge in [0, 0.05) is 19.7 Å². The molecule has 0 radical (unpaired) electrons. The van der Waals surface area contributed by atoms with E-state index < -0.39 is 0 Å². The third-order valence-corrected chi connectivity index (χ3v) is 3.29. The minimum absolute atomic E-state index is 0.325. The molecule has 0 aromatic rings. The highest BCUT2D eigenvalue weighted by atomic mass is 16.7. The Balaban J connectivity index is 1.72. The van der Waals surface area contributed by atoms with Crippen LogP contribution in [0.4, 0.5) is 0 Å². The molecule has 2 rings (SSSR count). The molecule has 0 aliphatic carbocycles. The number of piperidine rings is 1. The quantitative estimate of drug-likeness (QED) is 0.742. The van der Waals surface area contributed by atoms with E-state index in [4.69, 9.17) is 14.6 Å². The highest BCUT2D eigenvalue weighted by molar-refractivity contribution is 4.75. The molecule has 15 heavy (non-hydrogen) atoms. The zero-order valence-electron chi connectivity index (χ0n) is 9.23. The third kappa shape index (κ3) is 3.41. The minimum Gasteiger partial charge on any atom is -0.396 e. The standard InChI is InChI=1S/C11H21NO3/c13-8-10-2-1-4-12(6-10)7-11-3-5-14-9-15-11/h10-11,13H,1-9H2. The number of aliphatic hydroxyl groups is 1. The van der Waals surface area contributed by atoms with Crippen molar-refractivity contribution in [1.82, 2.24) is 4.90 Å². The van der Waals surface area contributed by atoms with Gasteiger partial charge in [-0.25, -0.2) is 0 Å². The summed E-state index contributed by atoms with van der Waals surface area (Å²) in [7, 11) is 0. The molecular weight excluding hydrogens is 194 g/mol. The largest absolute Gasteiger partial charge is 0.396 e. The normalized spacial score (nSPS) is 34.2. The first-order valence-electron chi connectivity index (χ1n) is 5.91. The summed E-state index contributed by atoms with van der Waals surface area (Å²) in [5.41, 5.74) is 0. The van der Waals surface area contributed by atoms with Gasteiger partial charge in [-0.1, -0.05) is 0 Å². The third-order valence-electron chi connectivity index (χ3n) is 3.29. The van der Waals surface area contributed by atoms with Crippen LogP contribution >= 0.6 is 0 Å². The van der Waals surface area contributed by atoms with Gasteiger partial charge >= 0.3 is 0 Å². The molecule has 0 bridgehead atoms. The Morgan fingerprint density at radius 1 is 1.33 bits per heavy atom. The van der Waals surface area contributed by atoms with E-state index in [2.05, 4.69) is 4.90 Å². The van der Waals surface area contributed by atoms with Gasteiger partial charge in [-0.15, -0.1) is 0 Å². The molecule has 0 aromatic carbocycles. The summed E-state index contributed by atoms with van der Waals surface area (Å²) in [6, 6.07) is 0. The second-order valence-electron chi connectivity index (χ2n) is 4.55. The van der Waals surface area contributed by atoms with Crippen molar-refractivity contribution in [3.05, 3.63) is 0 Å². The molecule has 2 fully saturated rings. The average Bonchev–Trinajstić information content (AvgIpc) is 2.31. The predicted octanol–water partition coefficient (Wildman–Crippen LogP) is 0.454. The smallest absolute Gasteiger partial charge is 0.147 e. The first-order valence-corrected chi connectivity index (χ1v) is 5.91. The molecule has 4 heteroatoms. The summed E-state index contributed by atoms with van der Waals surface area (Å²) < 4.78 is 10.7. The SMILES string of the molecule is OCC1CCCN(CC2CCOCO2)C1. The first kappa shape index (κ1) is 11.3. The molecule has 2 aliphatic heterocycles. The molecule has 1 N–H and O–H groups in total. The second kappa shape index (κ2) is 5.80. The Kier molecular flexibility index (Phi) is 4.38. The van der Waals surface area contributed by atoms with Crippen LogP contribution in [0.15, 0.2) is 0 Å². The van der Waals surface area contributed by atoms with E-state index in [1.807, 2.05) is 0 Å². The van der Waals surface area contributed by atoms with Crippen LogP contribution in [0.3, 0.4) is 0 Å². The molecule has 2 aliphatic rings.